The number of halogens is 6. The summed E-state index contributed by atoms with van der Waals surface area (Å²) in [4.78, 5) is 0. The van der Waals surface area contributed by atoms with Crippen LogP contribution in [0.2, 0.25) is 0 Å². The van der Waals surface area contributed by atoms with E-state index in [1.807, 2.05) is 6.92 Å². The maximum absolute atomic E-state index is 14.6. The lowest BCUT2D eigenvalue weighted by atomic mass is 10.00. The number of ether oxygens (including phenoxy) is 1. The maximum Gasteiger partial charge on any atom is 0.144 e. The Morgan fingerprint density at radius 3 is 1.82 bits per heavy atom. The highest BCUT2D eigenvalue weighted by atomic mass is 19.2. The van der Waals surface area contributed by atoms with Crippen molar-refractivity contribution < 1.29 is 31.1 Å². The van der Waals surface area contributed by atoms with Crippen molar-refractivity contribution in [2.24, 2.45) is 0 Å². The molecule has 8 heteroatoms. The molecule has 0 atom stereocenters. The summed E-state index contributed by atoms with van der Waals surface area (Å²) in [6.07, 6.45) is 1.73. The molecule has 0 N–H and O–H groups in total. The second-order valence-electron chi connectivity index (χ2n) is 7.33. The van der Waals surface area contributed by atoms with Crippen molar-refractivity contribution in [1.29, 1.82) is 5.26 Å². The summed E-state index contributed by atoms with van der Waals surface area (Å²) in [6.45, 7) is 2.46. The Morgan fingerprint density at radius 2 is 1.29 bits per heavy atom. The molecule has 0 spiro atoms. The summed E-state index contributed by atoms with van der Waals surface area (Å²) in [5, 5.41) is 8.72. The van der Waals surface area contributed by atoms with E-state index in [0.29, 0.717) is 18.7 Å². The van der Waals surface area contributed by atoms with E-state index in [2.05, 4.69) is 11.8 Å². The van der Waals surface area contributed by atoms with E-state index >= 15 is 0 Å². The van der Waals surface area contributed by atoms with Gasteiger partial charge in [0.15, 0.2) is 0 Å². The largest absolute Gasteiger partial charge is 0.377 e. The highest BCUT2D eigenvalue weighted by molar-refractivity contribution is 5.67. The average molecular weight is 473 g/mol. The fourth-order valence-electron chi connectivity index (χ4n) is 3.14. The first-order valence-electron chi connectivity index (χ1n) is 10.2. The Bertz CT molecular complexity index is 1260. The van der Waals surface area contributed by atoms with E-state index in [-0.39, 0.29) is 17.7 Å². The van der Waals surface area contributed by atoms with Gasteiger partial charge in [-0.2, -0.15) is 5.26 Å². The van der Waals surface area contributed by atoms with Gasteiger partial charge in [-0.25, -0.2) is 26.3 Å². The molecule has 174 valence electrons. The molecule has 3 aromatic rings. The van der Waals surface area contributed by atoms with Gasteiger partial charge < -0.3 is 4.74 Å². The van der Waals surface area contributed by atoms with Gasteiger partial charge in [0, 0.05) is 12.2 Å². The molecule has 0 aliphatic rings. The van der Waals surface area contributed by atoms with Gasteiger partial charge >= 0.3 is 0 Å². The van der Waals surface area contributed by atoms with Crippen LogP contribution in [0.25, 0.3) is 11.1 Å². The number of nitrogens with zero attached hydrogens (tertiary/aromatic N) is 1. The molecule has 34 heavy (non-hydrogen) atoms. The van der Waals surface area contributed by atoms with Gasteiger partial charge in [0.25, 0.3) is 0 Å². The van der Waals surface area contributed by atoms with Gasteiger partial charge in [0.2, 0.25) is 0 Å². The summed E-state index contributed by atoms with van der Waals surface area (Å²) in [6, 6.07) is 6.25. The first-order chi connectivity index (χ1) is 16.2. The number of unbranched alkanes of at least 4 members (excludes halogenated alkanes) is 1. The highest BCUT2D eigenvalue weighted by Crippen LogP contribution is 2.30. The van der Waals surface area contributed by atoms with Crippen molar-refractivity contribution in [3.63, 3.8) is 0 Å². The van der Waals surface area contributed by atoms with Gasteiger partial charge in [-0.05, 0) is 53.9 Å². The molecule has 0 heterocycles. The molecule has 2 nitrogen and oxygen atoms in total. The fourth-order valence-corrected chi connectivity index (χ4v) is 3.14. The van der Waals surface area contributed by atoms with Crippen molar-refractivity contribution in [3.8, 4) is 29.0 Å². The normalized spacial score (nSPS) is 10.5. The molecule has 3 aromatic carbocycles. The summed E-state index contributed by atoms with van der Waals surface area (Å²) < 4.78 is 90.8. The van der Waals surface area contributed by atoms with Crippen molar-refractivity contribution in [1.82, 2.24) is 0 Å². The molecule has 0 bridgehead atoms. The van der Waals surface area contributed by atoms with E-state index in [1.54, 1.807) is 0 Å². The number of nitriles is 1. The summed E-state index contributed by atoms with van der Waals surface area (Å²) in [5.74, 6) is -2.35. The lowest BCUT2D eigenvalue weighted by Crippen LogP contribution is -1.99. The van der Waals surface area contributed by atoms with Crippen LogP contribution in [0.15, 0.2) is 36.4 Å². The lowest BCUT2D eigenvalue weighted by Gasteiger charge is -2.08. The minimum Gasteiger partial charge on any atom is -0.377 e. The van der Waals surface area contributed by atoms with Crippen molar-refractivity contribution in [3.05, 3.63) is 93.6 Å². The zero-order chi connectivity index (χ0) is 24.8. The van der Waals surface area contributed by atoms with Gasteiger partial charge in [0.1, 0.15) is 46.5 Å². The highest BCUT2D eigenvalue weighted by Gasteiger charge is 2.18. The Kier molecular flexibility index (Phi) is 7.99. The predicted octanol–water partition coefficient (Wildman–Crippen LogP) is 6.78. The van der Waals surface area contributed by atoms with Crippen molar-refractivity contribution in [2.45, 2.75) is 26.4 Å². The summed E-state index contributed by atoms with van der Waals surface area (Å²) in [5.41, 5.74) is -2.64. The number of rotatable bonds is 6. The monoisotopic (exact) mass is 473 g/mol. The van der Waals surface area contributed by atoms with Gasteiger partial charge in [0.05, 0.1) is 17.7 Å². The van der Waals surface area contributed by atoms with Crippen LogP contribution in [0.3, 0.4) is 0 Å². The molecule has 0 fully saturated rings. The topological polar surface area (TPSA) is 33.0 Å². The Labute approximate surface area is 192 Å². The third kappa shape index (κ3) is 5.59. The third-order valence-corrected chi connectivity index (χ3v) is 4.83. The third-order valence-electron chi connectivity index (χ3n) is 4.83. The van der Waals surface area contributed by atoms with Crippen LogP contribution in [0.5, 0.6) is 0 Å². The Balaban J connectivity index is 1.89. The van der Waals surface area contributed by atoms with Crippen LogP contribution >= 0.6 is 0 Å². The summed E-state index contributed by atoms with van der Waals surface area (Å²) >= 11 is 0. The zero-order valence-electron chi connectivity index (χ0n) is 17.9. The van der Waals surface area contributed by atoms with Crippen LogP contribution in [0, 0.1) is 58.1 Å². The number of benzene rings is 3. The molecular weight excluding hydrogens is 456 g/mol. The van der Waals surface area contributed by atoms with Crippen molar-refractivity contribution >= 4 is 0 Å². The van der Waals surface area contributed by atoms with E-state index in [0.717, 1.165) is 37.1 Å². The van der Waals surface area contributed by atoms with E-state index in [4.69, 9.17) is 10.00 Å². The second kappa shape index (κ2) is 10.9. The molecule has 0 unspecified atom stereocenters. The van der Waals surface area contributed by atoms with Crippen molar-refractivity contribution in [2.75, 3.05) is 6.61 Å². The summed E-state index contributed by atoms with van der Waals surface area (Å²) in [7, 11) is 0. The minimum absolute atomic E-state index is 0.0238. The quantitative estimate of drug-likeness (QED) is 0.225. The Hall–Kier alpha value is -3.75. The second-order valence-corrected chi connectivity index (χ2v) is 7.33. The van der Waals surface area contributed by atoms with E-state index in [1.165, 1.54) is 6.07 Å². The van der Waals surface area contributed by atoms with E-state index in [9.17, 15) is 26.3 Å². The molecule has 0 aliphatic heterocycles. The number of hydrogen-bond donors (Lipinski definition) is 0. The minimum atomic E-state index is -1.27. The molecule has 3 rings (SSSR count). The van der Waals surface area contributed by atoms with Gasteiger partial charge in [-0.1, -0.05) is 25.2 Å². The lowest BCUT2D eigenvalue weighted by molar-refractivity contribution is 0.117. The van der Waals surface area contributed by atoms with Crippen LogP contribution in [-0.4, -0.2) is 6.61 Å². The number of hydrogen-bond acceptors (Lipinski definition) is 2. The molecular formula is C26H17F6NO. The first kappa shape index (κ1) is 24.9. The molecule has 0 aromatic heterocycles. The average Bonchev–Trinajstić information content (AvgIpc) is 2.75. The van der Waals surface area contributed by atoms with Gasteiger partial charge in [-0.15, -0.1) is 0 Å². The smallest absolute Gasteiger partial charge is 0.144 e. The van der Waals surface area contributed by atoms with E-state index < -0.39 is 57.2 Å². The molecule has 0 amide bonds. The predicted molar refractivity (Wildman–Crippen MR) is 113 cm³/mol. The molecule has 0 saturated heterocycles. The molecule has 0 aliphatic carbocycles. The van der Waals surface area contributed by atoms with Crippen LogP contribution in [0.4, 0.5) is 26.3 Å². The Morgan fingerprint density at radius 1 is 0.735 bits per heavy atom. The van der Waals surface area contributed by atoms with Gasteiger partial charge in [-0.3, -0.25) is 0 Å². The molecule has 0 radical (unpaired) electrons. The first-order valence-corrected chi connectivity index (χ1v) is 10.2. The standard InChI is InChI=1S/C26H17F6NO/c1-2-3-6-34-14-16-9-20(27)18(21(28)10-16)5-4-15-7-24(31)26(25(32)8-15)17-11-22(29)19(13-33)23(30)12-17/h7-12H,2-3,6,14H2,1H3. The molecule has 0 saturated carbocycles. The zero-order valence-corrected chi connectivity index (χ0v) is 17.9. The fraction of sp³-hybridized carbons (Fsp3) is 0.192. The van der Waals surface area contributed by atoms with Crippen LogP contribution in [-0.2, 0) is 11.3 Å². The van der Waals surface area contributed by atoms with Crippen LogP contribution in [0.1, 0.15) is 42.0 Å². The maximum atomic E-state index is 14.6. The SMILES string of the molecule is CCCCOCc1cc(F)c(C#Cc2cc(F)c(-c3cc(F)c(C#N)c(F)c3)c(F)c2)c(F)c1. The van der Waals surface area contributed by atoms with Crippen LogP contribution < -0.4 is 0 Å².